The third-order valence-corrected chi connectivity index (χ3v) is 4.41. The van der Waals surface area contributed by atoms with Gasteiger partial charge < -0.3 is 4.74 Å². The van der Waals surface area contributed by atoms with Crippen LogP contribution in [0.2, 0.25) is 0 Å². The lowest BCUT2D eigenvalue weighted by molar-refractivity contribution is -0.393. The van der Waals surface area contributed by atoms with Crippen molar-refractivity contribution in [1.82, 2.24) is 0 Å². The molecule has 0 fully saturated rings. The Labute approximate surface area is 172 Å². The predicted octanol–water partition coefficient (Wildman–Crippen LogP) is 4.28. The van der Waals surface area contributed by atoms with Crippen LogP contribution in [0.5, 0.6) is 0 Å². The molecule has 158 valence electrons. The van der Waals surface area contributed by atoms with Crippen molar-refractivity contribution >= 4 is 28.7 Å². The standard InChI is InChI=1S/C20H22N4O6/c1-4-30-20(25)10-9-17(15-6-5-13(2)14(3)11-15)21-22-18-8-7-16(23(26)27)12-19(18)24(28)29/h5-8,11-12,22H,4,9-10H2,1-3H3. The largest absolute Gasteiger partial charge is 0.466 e. The highest BCUT2D eigenvalue weighted by molar-refractivity contribution is 6.02. The molecule has 0 saturated carbocycles. The summed E-state index contributed by atoms with van der Waals surface area (Å²) >= 11 is 0. The number of esters is 1. The number of anilines is 1. The number of nitrogens with zero attached hydrogens (tertiary/aromatic N) is 3. The first-order valence-electron chi connectivity index (χ1n) is 9.21. The molecule has 1 N–H and O–H groups in total. The summed E-state index contributed by atoms with van der Waals surface area (Å²) in [6, 6.07) is 8.91. The van der Waals surface area contributed by atoms with Crippen molar-refractivity contribution in [3.8, 4) is 0 Å². The predicted molar refractivity (Wildman–Crippen MR) is 112 cm³/mol. The second kappa shape index (κ2) is 10.1. The topological polar surface area (TPSA) is 137 Å². The van der Waals surface area contributed by atoms with Crippen molar-refractivity contribution < 1.29 is 19.4 Å². The van der Waals surface area contributed by atoms with Crippen LogP contribution in [0.15, 0.2) is 41.5 Å². The molecule has 0 aromatic heterocycles. The second-order valence-electron chi connectivity index (χ2n) is 6.49. The summed E-state index contributed by atoms with van der Waals surface area (Å²) in [5, 5.41) is 26.5. The van der Waals surface area contributed by atoms with E-state index < -0.39 is 21.2 Å². The van der Waals surface area contributed by atoms with E-state index in [1.54, 1.807) is 6.92 Å². The second-order valence-corrected chi connectivity index (χ2v) is 6.49. The minimum absolute atomic E-state index is 0.00284. The highest BCUT2D eigenvalue weighted by Crippen LogP contribution is 2.29. The van der Waals surface area contributed by atoms with Crippen molar-refractivity contribution in [2.24, 2.45) is 5.10 Å². The van der Waals surface area contributed by atoms with Crippen LogP contribution in [0.25, 0.3) is 0 Å². The quantitative estimate of drug-likeness (QED) is 0.280. The molecule has 0 heterocycles. The van der Waals surface area contributed by atoms with Gasteiger partial charge in [-0.1, -0.05) is 12.1 Å². The number of rotatable bonds is 9. The molecule has 0 aliphatic rings. The summed E-state index contributed by atoms with van der Waals surface area (Å²) in [5.41, 5.74) is 5.11. The number of carbonyl (C=O) groups is 1. The third-order valence-electron chi connectivity index (χ3n) is 4.41. The number of benzene rings is 2. The fourth-order valence-corrected chi connectivity index (χ4v) is 2.65. The maximum atomic E-state index is 11.8. The smallest absolute Gasteiger partial charge is 0.306 e. The number of aryl methyl sites for hydroxylation is 2. The van der Waals surface area contributed by atoms with Gasteiger partial charge in [0.25, 0.3) is 5.69 Å². The zero-order valence-electron chi connectivity index (χ0n) is 16.9. The van der Waals surface area contributed by atoms with Gasteiger partial charge in [-0.3, -0.25) is 30.4 Å². The average molecular weight is 414 g/mol. The molecule has 2 aromatic carbocycles. The van der Waals surface area contributed by atoms with E-state index in [-0.39, 0.29) is 31.1 Å². The van der Waals surface area contributed by atoms with Crippen LogP contribution in [0, 0.1) is 34.1 Å². The Morgan fingerprint density at radius 1 is 1.03 bits per heavy atom. The molecule has 2 aromatic rings. The zero-order chi connectivity index (χ0) is 22.3. The Balaban J connectivity index is 2.38. The molecular formula is C20H22N4O6. The molecule has 0 aliphatic heterocycles. The van der Waals surface area contributed by atoms with E-state index in [9.17, 15) is 25.0 Å². The minimum atomic E-state index is -0.723. The molecule has 2 rings (SSSR count). The van der Waals surface area contributed by atoms with Crippen LogP contribution in [0.1, 0.15) is 36.5 Å². The SMILES string of the molecule is CCOC(=O)CCC(=NNc1ccc([N+](=O)[O-])cc1[N+](=O)[O-])c1ccc(C)c(C)c1. The molecule has 0 bridgehead atoms. The van der Waals surface area contributed by atoms with Crippen LogP contribution in [0.4, 0.5) is 17.1 Å². The van der Waals surface area contributed by atoms with E-state index in [1.807, 2.05) is 32.0 Å². The van der Waals surface area contributed by atoms with E-state index >= 15 is 0 Å². The van der Waals surface area contributed by atoms with Gasteiger partial charge >= 0.3 is 11.7 Å². The van der Waals surface area contributed by atoms with E-state index in [2.05, 4.69) is 10.5 Å². The Bertz CT molecular complexity index is 1000. The number of nitrogens with one attached hydrogen (secondary N) is 1. The summed E-state index contributed by atoms with van der Waals surface area (Å²) in [4.78, 5) is 32.5. The number of non-ortho nitro benzene ring substituents is 1. The summed E-state index contributed by atoms with van der Waals surface area (Å²) in [6.45, 7) is 5.89. The molecule has 0 spiro atoms. The van der Waals surface area contributed by atoms with E-state index in [0.717, 1.165) is 28.8 Å². The van der Waals surface area contributed by atoms with Crippen molar-refractivity contribution in [1.29, 1.82) is 0 Å². The summed E-state index contributed by atoms with van der Waals surface area (Å²) < 4.78 is 4.95. The van der Waals surface area contributed by atoms with E-state index in [1.165, 1.54) is 6.07 Å². The highest BCUT2D eigenvalue weighted by Gasteiger charge is 2.19. The van der Waals surface area contributed by atoms with Gasteiger partial charge in [-0.05, 0) is 49.6 Å². The van der Waals surface area contributed by atoms with Crippen molar-refractivity contribution in [3.63, 3.8) is 0 Å². The normalized spacial score (nSPS) is 11.1. The van der Waals surface area contributed by atoms with Crippen LogP contribution in [0.3, 0.4) is 0 Å². The van der Waals surface area contributed by atoms with Gasteiger partial charge in [-0.2, -0.15) is 5.10 Å². The number of nitro groups is 2. The van der Waals surface area contributed by atoms with Gasteiger partial charge in [0.2, 0.25) is 0 Å². The number of hydrazone groups is 1. The molecule has 0 aliphatic carbocycles. The van der Waals surface area contributed by atoms with Crippen molar-refractivity contribution in [3.05, 3.63) is 73.3 Å². The summed E-state index contributed by atoms with van der Waals surface area (Å²) in [7, 11) is 0. The lowest BCUT2D eigenvalue weighted by atomic mass is 10.0. The zero-order valence-corrected chi connectivity index (χ0v) is 16.9. The van der Waals surface area contributed by atoms with Crippen LogP contribution < -0.4 is 5.43 Å². The van der Waals surface area contributed by atoms with Gasteiger partial charge in [-0.15, -0.1) is 0 Å². The first-order valence-corrected chi connectivity index (χ1v) is 9.21. The number of carbonyl (C=O) groups excluding carboxylic acids is 1. The first kappa shape index (κ1) is 22.5. The van der Waals surface area contributed by atoms with Gasteiger partial charge in [0.05, 0.1) is 34.7 Å². The van der Waals surface area contributed by atoms with Crippen molar-refractivity contribution in [2.75, 3.05) is 12.0 Å². The average Bonchev–Trinajstić information content (AvgIpc) is 2.70. The number of hydrogen-bond acceptors (Lipinski definition) is 8. The molecule has 0 amide bonds. The molecule has 30 heavy (non-hydrogen) atoms. The monoisotopic (exact) mass is 414 g/mol. The summed E-state index contributed by atoms with van der Waals surface area (Å²) in [5.74, 6) is -0.379. The molecule has 10 heteroatoms. The molecule has 0 unspecified atom stereocenters. The lowest BCUT2D eigenvalue weighted by Crippen LogP contribution is -2.11. The Morgan fingerprint density at radius 2 is 1.77 bits per heavy atom. The maximum absolute atomic E-state index is 11.8. The van der Waals surface area contributed by atoms with Crippen LogP contribution in [-0.2, 0) is 9.53 Å². The van der Waals surface area contributed by atoms with E-state index in [4.69, 9.17) is 4.74 Å². The Hall–Kier alpha value is -3.82. The molecule has 0 radical (unpaired) electrons. The molecule has 0 saturated heterocycles. The van der Waals surface area contributed by atoms with Gasteiger partial charge in [0, 0.05) is 12.5 Å². The fraction of sp³-hybridized carbons (Fsp3) is 0.300. The van der Waals surface area contributed by atoms with Crippen LogP contribution in [-0.4, -0.2) is 28.1 Å². The van der Waals surface area contributed by atoms with E-state index in [0.29, 0.717) is 5.71 Å². The first-order chi connectivity index (χ1) is 14.2. The van der Waals surface area contributed by atoms with Crippen LogP contribution >= 0.6 is 0 Å². The highest BCUT2D eigenvalue weighted by atomic mass is 16.6. The minimum Gasteiger partial charge on any atom is -0.466 e. The fourth-order valence-electron chi connectivity index (χ4n) is 2.65. The third kappa shape index (κ3) is 5.84. The Morgan fingerprint density at radius 3 is 2.37 bits per heavy atom. The molecule has 10 nitrogen and oxygen atoms in total. The summed E-state index contributed by atoms with van der Waals surface area (Å²) in [6.07, 6.45) is 0.332. The number of hydrogen-bond donors (Lipinski definition) is 1. The van der Waals surface area contributed by atoms with Gasteiger partial charge in [-0.25, -0.2) is 0 Å². The van der Waals surface area contributed by atoms with Gasteiger partial charge in [0.1, 0.15) is 5.69 Å². The maximum Gasteiger partial charge on any atom is 0.306 e. The Kier molecular flexibility index (Phi) is 7.56. The molecule has 0 atom stereocenters. The molecular weight excluding hydrogens is 392 g/mol. The lowest BCUT2D eigenvalue weighted by Gasteiger charge is -2.10. The number of ether oxygens (including phenoxy) is 1. The van der Waals surface area contributed by atoms with Gasteiger partial charge in [0.15, 0.2) is 0 Å². The number of nitro benzene ring substituents is 2. The van der Waals surface area contributed by atoms with Crippen molar-refractivity contribution in [2.45, 2.75) is 33.6 Å².